The van der Waals surface area contributed by atoms with E-state index >= 15 is 0 Å². The van der Waals surface area contributed by atoms with Crippen LogP contribution in [0.15, 0.2) is 29.2 Å². The van der Waals surface area contributed by atoms with E-state index in [0.717, 1.165) is 11.4 Å². The molecule has 1 heterocycles. The number of benzene rings is 1. The molecule has 0 bridgehead atoms. The summed E-state index contributed by atoms with van der Waals surface area (Å²) in [6.07, 6.45) is 0. The fourth-order valence-corrected chi connectivity index (χ4v) is 11.4. The SMILES string of the molecule is CCSSC1Sc2ccccc2N1[Si](OC(C)(C)C)(OC(C)(C)C)OC(C)(C)C. The largest absolute Gasteiger partial charge is 0.636 e. The van der Waals surface area contributed by atoms with Crippen LogP contribution in [-0.2, 0) is 13.3 Å². The van der Waals surface area contributed by atoms with Gasteiger partial charge in [0.15, 0.2) is 0 Å². The van der Waals surface area contributed by atoms with Crippen molar-refractivity contribution >= 4 is 48.0 Å². The van der Waals surface area contributed by atoms with Gasteiger partial charge in [-0.15, -0.1) is 0 Å². The van der Waals surface area contributed by atoms with Gasteiger partial charge in [0.1, 0.15) is 4.71 Å². The smallest absolute Gasteiger partial charge is 0.351 e. The zero-order valence-corrected chi connectivity index (χ0v) is 22.9. The summed E-state index contributed by atoms with van der Waals surface area (Å²) in [5.74, 6) is 1.04. The first-order valence-corrected chi connectivity index (χ1v) is 15.0. The van der Waals surface area contributed by atoms with Gasteiger partial charge in [0.25, 0.3) is 0 Å². The van der Waals surface area contributed by atoms with Gasteiger partial charge in [-0.2, -0.15) is 0 Å². The lowest BCUT2D eigenvalue weighted by atomic mass is 10.2. The highest BCUT2D eigenvalue weighted by Gasteiger charge is 2.61. The standard InChI is InChI=1S/C21H37NO3S3Si/c1-11-26-28-18-22(16-14-12-13-15-17(16)27-18)29(23-19(2,3)4,24-20(5,6)7)25-21(8,9)10/h12-15,18H,11H2,1-10H3. The highest BCUT2D eigenvalue weighted by Crippen LogP contribution is 2.54. The van der Waals surface area contributed by atoms with Crippen molar-refractivity contribution < 1.29 is 13.3 Å². The minimum absolute atomic E-state index is 0.121. The van der Waals surface area contributed by atoms with Gasteiger partial charge < -0.3 is 17.8 Å². The Balaban J connectivity index is 2.66. The summed E-state index contributed by atoms with van der Waals surface area (Å²) in [5.41, 5.74) is -0.121. The van der Waals surface area contributed by atoms with E-state index in [1.807, 2.05) is 33.3 Å². The van der Waals surface area contributed by atoms with Gasteiger partial charge >= 0.3 is 8.97 Å². The molecule has 0 fully saturated rings. The molecule has 0 saturated heterocycles. The maximum Gasteiger partial charge on any atom is 0.636 e. The van der Waals surface area contributed by atoms with Gasteiger partial charge in [0.05, 0.1) is 16.8 Å². The minimum Gasteiger partial charge on any atom is -0.351 e. The van der Waals surface area contributed by atoms with E-state index in [1.165, 1.54) is 4.90 Å². The number of rotatable bonds is 7. The van der Waals surface area contributed by atoms with Crippen LogP contribution in [0, 0.1) is 0 Å². The van der Waals surface area contributed by atoms with Crippen molar-refractivity contribution in [1.82, 2.24) is 0 Å². The first-order chi connectivity index (χ1) is 13.2. The van der Waals surface area contributed by atoms with E-state index in [4.69, 9.17) is 13.3 Å². The molecule has 4 nitrogen and oxygen atoms in total. The first-order valence-electron chi connectivity index (χ1n) is 10.1. The van der Waals surface area contributed by atoms with E-state index < -0.39 is 25.8 Å². The second-order valence-electron chi connectivity index (χ2n) is 9.93. The number of fused-ring (bicyclic) bond motifs is 1. The molecule has 1 atom stereocenters. The molecule has 29 heavy (non-hydrogen) atoms. The Hall–Kier alpha value is 0.167. The Morgan fingerprint density at radius 1 is 0.897 bits per heavy atom. The maximum absolute atomic E-state index is 6.81. The van der Waals surface area contributed by atoms with Crippen molar-refractivity contribution in [2.75, 3.05) is 10.3 Å². The van der Waals surface area contributed by atoms with Gasteiger partial charge in [0.2, 0.25) is 0 Å². The molecule has 8 heteroatoms. The average molecular weight is 476 g/mol. The molecule has 1 unspecified atom stereocenters. The van der Waals surface area contributed by atoms with Gasteiger partial charge in [-0.3, -0.25) is 0 Å². The molecule has 2 rings (SSSR count). The second-order valence-corrected chi connectivity index (χ2v) is 16.2. The minimum atomic E-state index is -3.35. The van der Waals surface area contributed by atoms with Crippen molar-refractivity contribution in [2.45, 2.75) is 95.6 Å². The normalized spacial score (nSPS) is 18.3. The fourth-order valence-electron chi connectivity index (χ4n) is 2.87. The van der Waals surface area contributed by atoms with E-state index in [0.29, 0.717) is 0 Å². The summed E-state index contributed by atoms with van der Waals surface area (Å²) in [6, 6.07) is 8.50. The van der Waals surface area contributed by atoms with Gasteiger partial charge in [-0.05, 0) is 74.4 Å². The topological polar surface area (TPSA) is 30.9 Å². The zero-order valence-electron chi connectivity index (χ0n) is 19.5. The fraction of sp³-hybridized carbons (Fsp3) is 0.714. The lowest BCUT2D eigenvalue weighted by Gasteiger charge is -2.48. The van der Waals surface area contributed by atoms with E-state index in [1.54, 1.807) is 0 Å². The molecule has 0 N–H and O–H groups in total. The molecule has 0 aliphatic carbocycles. The maximum atomic E-state index is 6.81. The van der Waals surface area contributed by atoms with Crippen molar-refractivity contribution in [3.05, 3.63) is 24.3 Å². The summed E-state index contributed by atoms with van der Waals surface area (Å²) >= 11 is 1.85. The Morgan fingerprint density at radius 2 is 1.38 bits per heavy atom. The number of nitrogens with zero attached hydrogens (tertiary/aromatic N) is 1. The number of para-hydroxylation sites is 1. The Bertz CT molecular complexity index is 642. The molecule has 0 amide bonds. The quantitative estimate of drug-likeness (QED) is 0.305. The molecule has 0 spiro atoms. The summed E-state index contributed by atoms with van der Waals surface area (Å²) < 4.78 is 22.9. The molecule has 0 radical (unpaired) electrons. The number of thioether (sulfide) groups is 1. The number of hydrogen-bond donors (Lipinski definition) is 0. The highest BCUT2D eigenvalue weighted by molar-refractivity contribution is 8.78. The van der Waals surface area contributed by atoms with Crippen LogP contribution in [0.5, 0.6) is 0 Å². The van der Waals surface area contributed by atoms with Crippen molar-refractivity contribution in [1.29, 1.82) is 0 Å². The predicted octanol–water partition coefficient (Wildman–Crippen LogP) is 7.16. The molecule has 166 valence electrons. The third kappa shape index (κ3) is 7.37. The van der Waals surface area contributed by atoms with E-state index in [9.17, 15) is 0 Å². The van der Waals surface area contributed by atoms with Gasteiger partial charge in [0, 0.05) is 16.3 Å². The van der Waals surface area contributed by atoms with Crippen molar-refractivity contribution in [3.8, 4) is 0 Å². The first kappa shape index (κ1) is 25.4. The number of anilines is 1. The lowest BCUT2D eigenvalue weighted by Crippen LogP contribution is -2.69. The Labute approximate surface area is 191 Å². The Kier molecular flexibility index (Phi) is 8.19. The van der Waals surface area contributed by atoms with Crippen LogP contribution in [0.4, 0.5) is 5.69 Å². The van der Waals surface area contributed by atoms with Crippen LogP contribution >= 0.6 is 33.3 Å². The van der Waals surface area contributed by atoms with Crippen LogP contribution < -0.4 is 4.57 Å². The second kappa shape index (κ2) is 9.34. The molecule has 1 aliphatic heterocycles. The lowest BCUT2D eigenvalue weighted by molar-refractivity contribution is -0.0762. The molecule has 1 aliphatic rings. The van der Waals surface area contributed by atoms with Crippen LogP contribution in [0.2, 0.25) is 0 Å². The van der Waals surface area contributed by atoms with Gasteiger partial charge in [-0.1, -0.05) is 52.4 Å². The van der Waals surface area contributed by atoms with Crippen molar-refractivity contribution in [3.63, 3.8) is 0 Å². The third-order valence-electron chi connectivity index (χ3n) is 3.43. The zero-order chi connectivity index (χ0) is 22.1. The molecule has 1 aromatic rings. The summed E-state index contributed by atoms with van der Waals surface area (Å²) in [4.78, 5) is 1.24. The van der Waals surface area contributed by atoms with E-state index in [-0.39, 0.29) is 4.71 Å². The summed E-state index contributed by atoms with van der Waals surface area (Å²) in [7, 11) is 0.359. The number of hydrogen-bond acceptors (Lipinski definition) is 7. The molecule has 0 aromatic heterocycles. The average Bonchev–Trinajstić information content (AvgIpc) is 2.86. The Morgan fingerprint density at radius 3 is 1.83 bits per heavy atom. The highest BCUT2D eigenvalue weighted by atomic mass is 33.1. The summed E-state index contributed by atoms with van der Waals surface area (Å²) in [5, 5.41) is 0. The molecule has 0 saturated carbocycles. The predicted molar refractivity (Wildman–Crippen MR) is 133 cm³/mol. The molecular formula is C21H37NO3S3Si. The molecular weight excluding hydrogens is 439 g/mol. The molecule has 1 aromatic carbocycles. The van der Waals surface area contributed by atoms with Crippen LogP contribution in [0.1, 0.15) is 69.2 Å². The monoisotopic (exact) mass is 475 g/mol. The van der Waals surface area contributed by atoms with E-state index in [2.05, 4.69) is 98.1 Å². The third-order valence-corrected chi connectivity index (χ3v) is 11.9. The van der Waals surface area contributed by atoms with Crippen LogP contribution in [-0.4, -0.2) is 36.2 Å². The van der Waals surface area contributed by atoms with Gasteiger partial charge in [-0.25, -0.2) is 0 Å². The van der Waals surface area contributed by atoms with Crippen molar-refractivity contribution in [2.24, 2.45) is 0 Å². The summed E-state index contributed by atoms with van der Waals surface area (Å²) in [6.45, 7) is 20.9. The van der Waals surface area contributed by atoms with Crippen LogP contribution in [0.25, 0.3) is 0 Å². The van der Waals surface area contributed by atoms with Crippen LogP contribution in [0.3, 0.4) is 0 Å².